The molecule has 0 aromatic rings. The third-order valence-electron chi connectivity index (χ3n) is 1.75. The number of primary amides is 1. The van der Waals surface area contributed by atoms with Crippen molar-refractivity contribution >= 4 is 5.91 Å². The summed E-state index contributed by atoms with van der Waals surface area (Å²) in [7, 11) is 0. The molecule has 0 aliphatic carbocycles. The second kappa shape index (κ2) is 2.35. The van der Waals surface area contributed by atoms with Gasteiger partial charge in [0, 0.05) is 12.6 Å². The Kier molecular flexibility index (Phi) is 1.71. The van der Waals surface area contributed by atoms with Gasteiger partial charge in [-0.05, 0) is 13.3 Å². The molecule has 1 saturated heterocycles. The van der Waals surface area contributed by atoms with Crippen LogP contribution < -0.4 is 11.1 Å². The summed E-state index contributed by atoms with van der Waals surface area (Å²) in [4.78, 5) is 10.5. The van der Waals surface area contributed by atoms with E-state index in [0.717, 1.165) is 13.0 Å². The summed E-state index contributed by atoms with van der Waals surface area (Å²) in [5.41, 5.74) is 5.08. The zero-order chi connectivity index (χ0) is 6.85. The first-order valence-electron chi connectivity index (χ1n) is 3.23. The summed E-state index contributed by atoms with van der Waals surface area (Å²) in [5.74, 6) is -0.105. The van der Waals surface area contributed by atoms with Gasteiger partial charge in [0.15, 0.2) is 0 Å². The molecule has 1 fully saturated rings. The molecule has 0 aromatic heterocycles. The quantitative estimate of drug-likeness (QED) is 0.498. The fourth-order valence-electron chi connectivity index (χ4n) is 1.15. The summed E-state index contributed by atoms with van der Waals surface area (Å²) in [6.07, 6.45) is 0.898. The van der Waals surface area contributed by atoms with Crippen LogP contribution in [0.2, 0.25) is 0 Å². The van der Waals surface area contributed by atoms with Crippen molar-refractivity contribution in [2.75, 3.05) is 6.54 Å². The van der Waals surface area contributed by atoms with Crippen LogP contribution in [0.4, 0.5) is 0 Å². The minimum Gasteiger partial charge on any atom is -0.369 e. The summed E-state index contributed by atoms with van der Waals surface area (Å²) in [6, 6.07) is 0.461. The number of nitrogens with one attached hydrogen (secondary N) is 1. The molecule has 1 aliphatic rings. The summed E-state index contributed by atoms with van der Waals surface area (Å²) < 4.78 is 0. The number of amides is 1. The molecule has 0 bridgehead atoms. The standard InChI is InChI=1S/C6H12N2O/c1-4-2-5(3-8-4)6(7)9/h4-5,8H,2-3H2,1H3,(H2,7,9)/t4-,5-/m1/s1. The largest absolute Gasteiger partial charge is 0.369 e. The Morgan fingerprint density at radius 1 is 1.78 bits per heavy atom. The lowest BCUT2D eigenvalue weighted by Gasteiger charge is -1.99. The normalized spacial score (nSPS) is 34.8. The van der Waals surface area contributed by atoms with Gasteiger partial charge in [-0.2, -0.15) is 0 Å². The fraction of sp³-hybridized carbons (Fsp3) is 0.833. The average molecular weight is 128 g/mol. The van der Waals surface area contributed by atoms with E-state index in [-0.39, 0.29) is 11.8 Å². The zero-order valence-corrected chi connectivity index (χ0v) is 5.55. The minimum atomic E-state index is -0.174. The second-order valence-corrected chi connectivity index (χ2v) is 2.64. The number of hydrogen-bond acceptors (Lipinski definition) is 2. The molecule has 52 valence electrons. The molecular weight excluding hydrogens is 116 g/mol. The first kappa shape index (κ1) is 6.55. The van der Waals surface area contributed by atoms with Crippen molar-refractivity contribution in [2.45, 2.75) is 19.4 Å². The van der Waals surface area contributed by atoms with Crippen LogP contribution >= 0.6 is 0 Å². The molecule has 0 unspecified atom stereocenters. The van der Waals surface area contributed by atoms with Crippen LogP contribution in [-0.4, -0.2) is 18.5 Å². The van der Waals surface area contributed by atoms with Gasteiger partial charge in [0.1, 0.15) is 0 Å². The highest BCUT2D eigenvalue weighted by atomic mass is 16.1. The third-order valence-corrected chi connectivity index (χ3v) is 1.75. The fourth-order valence-corrected chi connectivity index (χ4v) is 1.15. The number of rotatable bonds is 1. The van der Waals surface area contributed by atoms with Gasteiger partial charge >= 0.3 is 0 Å². The highest BCUT2D eigenvalue weighted by Gasteiger charge is 2.24. The van der Waals surface area contributed by atoms with Crippen molar-refractivity contribution in [1.29, 1.82) is 0 Å². The van der Waals surface area contributed by atoms with Crippen LogP contribution in [0.5, 0.6) is 0 Å². The van der Waals surface area contributed by atoms with E-state index in [2.05, 4.69) is 12.2 Å². The Hall–Kier alpha value is -0.570. The SMILES string of the molecule is C[C@@H]1C[C@@H](C(N)=O)CN1. The number of carbonyl (C=O) groups excluding carboxylic acids is 1. The molecule has 1 amide bonds. The highest BCUT2D eigenvalue weighted by molar-refractivity contribution is 5.77. The van der Waals surface area contributed by atoms with E-state index >= 15 is 0 Å². The highest BCUT2D eigenvalue weighted by Crippen LogP contribution is 2.11. The average Bonchev–Trinajstić information content (AvgIpc) is 2.14. The maximum atomic E-state index is 10.5. The van der Waals surface area contributed by atoms with E-state index in [0.29, 0.717) is 6.04 Å². The summed E-state index contributed by atoms with van der Waals surface area (Å²) in [5, 5.41) is 3.15. The smallest absolute Gasteiger partial charge is 0.221 e. The molecule has 3 nitrogen and oxygen atoms in total. The number of nitrogens with two attached hydrogens (primary N) is 1. The molecule has 1 aliphatic heterocycles. The molecule has 3 N–H and O–H groups in total. The predicted octanol–water partition coefficient (Wildman–Crippen LogP) is -0.530. The Morgan fingerprint density at radius 3 is 2.67 bits per heavy atom. The Labute approximate surface area is 54.6 Å². The van der Waals surface area contributed by atoms with Crippen LogP contribution in [-0.2, 0) is 4.79 Å². The molecular formula is C6H12N2O. The molecule has 1 heterocycles. The van der Waals surface area contributed by atoms with Crippen molar-refractivity contribution < 1.29 is 4.79 Å². The van der Waals surface area contributed by atoms with E-state index < -0.39 is 0 Å². The van der Waals surface area contributed by atoms with E-state index in [4.69, 9.17) is 5.73 Å². The van der Waals surface area contributed by atoms with Gasteiger partial charge in [-0.3, -0.25) is 4.79 Å². The van der Waals surface area contributed by atoms with Gasteiger partial charge in [-0.15, -0.1) is 0 Å². The second-order valence-electron chi connectivity index (χ2n) is 2.64. The molecule has 0 aromatic carbocycles. The van der Waals surface area contributed by atoms with Gasteiger partial charge in [0.2, 0.25) is 5.91 Å². The summed E-state index contributed by atoms with van der Waals surface area (Å²) >= 11 is 0. The van der Waals surface area contributed by atoms with Crippen LogP contribution in [0.25, 0.3) is 0 Å². The molecule has 9 heavy (non-hydrogen) atoms. The van der Waals surface area contributed by atoms with Crippen LogP contribution in [0.1, 0.15) is 13.3 Å². The van der Waals surface area contributed by atoms with E-state index in [1.807, 2.05) is 0 Å². The first-order valence-corrected chi connectivity index (χ1v) is 3.23. The van der Waals surface area contributed by atoms with E-state index in [1.54, 1.807) is 0 Å². The zero-order valence-electron chi connectivity index (χ0n) is 5.55. The van der Waals surface area contributed by atoms with Gasteiger partial charge in [0.25, 0.3) is 0 Å². The maximum absolute atomic E-state index is 10.5. The third kappa shape index (κ3) is 1.42. The van der Waals surface area contributed by atoms with E-state index in [9.17, 15) is 4.79 Å². The molecule has 1 rings (SSSR count). The summed E-state index contributed by atoms with van der Waals surface area (Å²) in [6.45, 7) is 2.82. The number of carbonyl (C=O) groups is 1. The number of hydrogen-bond donors (Lipinski definition) is 2. The van der Waals surface area contributed by atoms with Crippen molar-refractivity contribution in [3.05, 3.63) is 0 Å². The molecule has 3 heteroatoms. The van der Waals surface area contributed by atoms with E-state index in [1.165, 1.54) is 0 Å². The Balaban J connectivity index is 2.39. The predicted molar refractivity (Wildman–Crippen MR) is 34.8 cm³/mol. The Bertz CT molecular complexity index is 124. The lowest BCUT2D eigenvalue weighted by Crippen LogP contribution is -2.24. The van der Waals surface area contributed by atoms with Crippen LogP contribution in [0, 0.1) is 5.92 Å². The molecule has 2 atom stereocenters. The topological polar surface area (TPSA) is 55.1 Å². The van der Waals surface area contributed by atoms with Gasteiger partial charge in [-0.25, -0.2) is 0 Å². The van der Waals surface area contributed by atoms with Crippen molar-refractivity contribution in [1.82, 2.24) is 5.32 Å². The van der Waals surface area contributed by atoms with Crippen molar-refractivity contribution in [3.63, 3.8) is 0 Å². The van der Waals surface area contributed by atoms with Crippen LogP contribution in [0.3, 0.4) is 0 Å². The lowest BCUT2D eigenvalue weighted by atomic mass is 10.1. The van der Waals surface area contributed by atoms with Crippen molar-refractivity contribution in [3.8, 4) is 0 Å². The van der Waals surface area contributed by atoms with Crippen LogP contribution in [0.15, 0.2) is 0 Å². The maximum Gasteiger partial charge on any atom is 0.221 e. The lowest BCUT2D eigenvalue weighted by molar-refractivity contribution is -0.121. The monoisotopic (exact) mass is 128 g/mol. The van der Waals surface area contributed by atoms with Gasteiger partial charge in [0.05, 0.1) is 5.92 Å². The minimum absolute atomic E-state index is 0.0694. The van der Waals surface area contributed by atoms with Crippen molar-refractivity contribution in [2.24, 2.45) is 11.7 Å². The van der Waals surface area contributed by atoms with Gasteiger partial charge in [-0.1, -0.05) is 0 Å². The Morgan fingerprint density at radius 2 is 2.44 bits per heavy atom. The molecule has 0 radical (unpaired) electrons. The first-order chi connectivity index (χ1) is 4.20. The molecule has 0 spiro atoms. The molecule has 0 saturated carbocycles. The van der Waals surface area contributed by atoms with Gasteiger partial charge < -0.3 is 11.1 Å².